The topological polar surface area (TPSA) is 56.7 Å². The van der Waals surface area contributed by atoms with E-state index in [1.807, 2.05) is 24.4 Å². The van der Waals surface area contributed by atoms with Crippen LogP contribution < -0.4 is 5.73 Å². The highest BCUT2D eigenvalue weighted by Crippen LogP contribution is 2.23. The summed E-state index contributed by atoms with van der Waals surface area (Å²) < 4.78 is 2.60. The van der Waals surface area contributed by atoms with Crippen molar-refractivity contribution >= 4 is 27.5 Å². The van der Waals surface area contributed by atoms with Crippen molar-refractivity contribution in [3.05, 3.63) is 39.6 Å². The van der Waals surface area contributed by atoms with Crippen molar-refractivity contribution < 1.29 is 0 Å². The minimum Gasteiger partial charge on any atom is -0.330 e. The predicted molar refractivity (Wildman–Crippen MR) is 66.8 cm³/mol. The van der Waals surface area contributed by atoms with Gasteiger partial charge in [-0.2, -0.15) is 0 Å². The van der Waals surface area contributed by atoms with Crippen molar-refractivity contribution in [2.75, 3.05) is 6.54 Å². The molecule has 0 aliphatic rings. The normalized spacial score (nSPS) is 10.7. The number of nitrogens with zero attached hydrogens (tertiary/aromatic N) is 3. The zero-order valence-corrected chi connectivity index (χ0v) is 10.7. The molecule has 0 aliphatic carbocycles. The fourth-order valence-electron chi connectivity index (χ4n) is 1.34. The van der Waals surface area contributed by atoms with Crippen LogP contribution in [0.25, 0.3) is 5.69 Å². The molecular formula is C10H10BrClN4. The first-order valence-electron chi connectivity index (χ1n) is 4.77. The van der Waals surface area contributed by atoms with Crippen molar-refractivity contribution in [3.8, 4) is 5.69 Å². The van der Waals surface area contributed by atoms with Crippen LogP contribution in [-0.2, 0) is 6.42 Å². The van der Waals surface area contributed by atoms with Gasteiger partial charge in [0.25, 0.3) is 0 Å². The molecule has 0 saturated heterocycles. The van der Waals surface area contributed by atoms with Crippen LogP contribution in [0.15, 0.2) is 28.9 Å². The summed E-state index contributed by atoms with van der Waals surface area (Å²) in [5.74, 6) is 0. The highest BCUT2D eigenvalue weighted by molar-refractivity contribution is 9.10. The summed E-state index contributed by atoms with van der Waals surface area (Å²) in [7, 11) is 0. The van der Waals surface area contributed by atoms with Crippen LogP contribution in [0.4, 0.5) is 0 Å². The summed E-state index contributed by atoms with van der Waals surface area (Å²) >= 11 is 9.47. The molecule has 6 heteroatoms. The fraction of sp³-hybridized carbons (Fsp3) is 0.200. The number of rotatable bonds is 3. The van der Waals surface area contributed by atoms with E-state index in [2.05, 4.69) is 26.2 Å². The summed E-state index contributed by atoms with van der Waals surface area (Å²) in [5.41, 5.74) is 7.11. The maximum absolute atomic E-state index is 6.08. The maximum Gasteiger partial charge on any atom is 0.0861 e. The first-order chi connectivity index (χ1) is 7.70. The molecule has 1 aromatic carbocycles. The van der Waals surface area contributed by atoms with Gasteiger partial charge in [-0.05, 0) is 24.7 Å². The highest BCUT2D eigenvalue weighted by atomic mass is 79.9. The Hall–Kier alpha value is -0.910. The third-order valence-electron chi connectivity index (χ3n) is 2.10. The number of aromatic nitrogens is 3. The second-order valence-electron chi connectivity index (χ2n) is 3.29. The monoisotopic (exact) mass is 300 g/mol. The van der Waals surface area contributed by atoms with Gasteiger partial charge in [0.1, 0.15) is 0 Å². The number of nitrogens with two attached hydrogens (primary N) is 1. The summed E-state index contributed by atoms with van der Waals surface area (Å²) in [6, 6.07) is 5.58. The van der Waals surface area contributed by atoms with Crippen molar-refractivity contribution in [1.82, 2.24) is 15.0 Å². The first kappa shape index (κ1) is 11.6. The van der Waals surface area contributed by atoms with Gasteiger partial charge in [0.2, 0.25) is 0 Å². The van der Waals surface area contributed by atoms with E-state index in [1.54, 1.807) is 4.68 Å². The molecule has 84 valence electrons. The molecule has 2 rings (SSSR count). The molecular weight excluding hydrogens is 291 g/mol. The van der Waals surface area contributed by atoms with Crippen molar-refractivity contribution in [2.24, 2.45) is 5.73 Å². The summed E-state index contributed by atoms with van der Waals surface area (Å²) in [6.07, 6.45) is 2.55. The van der Waals surface area contributed by atoms with Crippen LogP contribution in [0.2, 0.25) is 5.02 Å². The maximum atomic E-state index is 6.08. The molecule has 0 amide bonds. The third-order valence-corrected chi connectivity index (χ3v) is 2.91. The average molecular weight is 302 g/mol. The fourth-order valence-corrected chi connectivity index (χ4v) is 1.89. The molecule has 0 unspecified atom stereocenters. The second-order valence-corrected chi connectivity index (χ2v) is 4.61. The van der Waals surface area contributed by atoms with Gasteiger partial charge in [0.05, 0.1) is 22.6 Å². The van der Waals surface area contributed by atoms with Crippen molar-refractivity contribution in [1.29, 1.82) is 0 Å². The highest BCUT2D eigenvalue weighted by Gasteiger charge is 2.06. The standard InChI is InChI=1S/C10H10BrClN4/c11-7-1-2-9(12)10(5-7)16-6-8(3-4-13)14-15-16/h1-2,5-6H,3-4,13H2. The van der Waals surface area contributed by atoms with Crippen LogP contribution in [0, 0.1) is 0 Å². The Labute approximate surface area is 107 Å². The van der Waals surface area contributed by atoms with Crippen molar-refractivity contribution in [3.63, 3.8) is 0 Å². The Morgan fingerprint density at radius 3 is 3.00 bits per heavy atom. The minimum absolute atomic E-state index is 0.560. The number of benzene rings is 1. The van der Waals surface area contributed by atoms with E-state index in [1.165, 1.54) is 0 Å². The molecule has 0 aliphatic heterocycles. The average Bonchev–Trinajstić information content (AvgIpc) is 2.71. The predicted octanol–water partition coefficient (Wildman–Crippen LogP) is 2.18. The molecule has 16 heavy (non-hydrogen) atoms. The van der Waals surface area contributed by atoms with Gasteiger partial charge < -0.3 is 5.73 Å². The first-order valence-corrected chi connectivity index (χ1v) is 5.94. The lowest BCUT2D eigenvalue weighted by atomic mass is 10.3. The summed E-state index contributed by atoms with van der Waals surface area (Å²) in [6.45, 7) is 0.560. The molecule has 0 radical (unpaired) electrons. The van der Waals surface area contributed by atoms with Gasteiger partial charge in [0.15, 0.2) is 0 Å². The third kappa shape index (κ3) is 2.42. The van der Waals surface area contributed by atoms with Crippen LogP contribution >= 0.6 is 27.5 Å². The molecule has 0 atom stereocenters. The van der Waals surface area contributed by atoms with Gasteiger partial charge in [-0.1, -0.05) is 32.7 Å². The van der Waals surface area contributed by atoms with Crippen LogP contribution in [0.5, 0.6) is 0 Å². The lowest BCUT2D eigenvalue weighted by Gasteiger charge is -2.03. The van der Waals surface area contributed by atoms with Crippen molar-refractivity contribution in [2.45, 2.75) is 6.42 Å². The largest absolute Gasteiger partial charge is 0.330 e. The molecule has 1 heterocycles. The molecule has 0 bridgehead atoms. The lowest BCUT2D eigenvalue weighted by Crippen LogP contribution is -2.02. The number of hydrogen-bond donors (Lipinski definition) is 1. The Balaban J connectivity index is 2.38. The van der Waals surface area contributed by atoms with E-state index in [0.717, 1.165) is 15.9 Å². The number of halogens is 2. The Bertz CT molecular complexity index is 497. The summed E-state index contributed by atoms with van der Waals surface area (Å²) in [4.78, 5) is 0. The summed E-state index contributed by atoms with van der Waals surface area (Å²) in [5, 5.41) is 8.66. The SMILES string of the molecule is NCCc1cn(-c2cc(Br)ccc2Cl)nn1. The molecule has 0 fully saturated rings. The molecule has 2 aromatic rings. The Morgan fingerprint density at radius 1 is 1.44 bits per heavy atom. The quantitative estimate of drug-likeness (QED) is 0.945. The Kier molecular flexibility index (Phi) is 3.58. The van der Waals surface area contributed by atoms with E-state index < -0.39 is 0 Å². The Morgan fingerprint density at radius 2 is 2.25 bits per heavy atom. The van der Waals surface area contributed by atoms with E-state index in [-0.39, 0.29) is 0 Å². The van der Waals surface area contributed by atoms with E-state index >= 15 is 0 Å². The lowest BCUT2D eigenvalue weighted by molar-refractivity contribution is 0.794. The van der Waals surface area contributed by atoms with Gasteiger partial charge in [-0.25, -0.2) is 4.68 Å². The van der Waals surface area contributed by atoms with Gasteiger partial charge in [-0.15, -0.1) is 5.10 Å². The van der Waals surface area contributed by atoms with E-state index in [0.29, 0.717) is 18.0 Å². The van der Waals surface area contributed by atoms with Gasteiger partial charge in [-0.3, -0.25) is 0 Å². The molecule has 2 N–H and O–H groups in total. The minimum atomic E-state index is 0.560. The zero-order chi connectivity index (χ0) is 11.5. The van der Waals surface area contributed by atoms with E-state index in [4.69, 9.17) is 17.3 Å². The molecule has 1 aromatic heterocycles. The van der Waals surface area contributed by atoms with Crippen LogP contribution in [0.3, 0.4) is 0 Å². The van der Waals surface area contributed by atoms with Gasteiger partial charge in [0, 0.05) is 10.9 Å². The van der Waals surface area contributed by atoms with E-state index in [9.17, 15) is 0 Å². The number of hydrogen-bond acceptors (Lipinski definition) is 3. The van der Waals surface area contributed by atoms with Crippen LogP contribution in [-0.4, -0.2) is 21.5 Å². The second kappa shape index (κ2) is 4.95. The van der Waals surface area contributed by atoms with Gasteiger partial charge >= 0.3 is 0 Å². The smallest absolute Gasteiger partial charge is 0.0861 e. The van der Waals surface area contributed by atoms with Crippen LogP contribution in [0.1, 0.15) is 5.69 Å². The molecule has 4 nitrogen and oxygen atoms in total. The molecule has 0 saturated carbocycles. The zero-order valence-electron chi connectivity index (χ0n) is 8.40. The molecule has 0 spiro atoms.